The molecule has 5 aromatic rings. The Balaban J connectivity index is 1.81. The topological polar surface area (TPSA) is 73.8 Å². The highest BCUT2D eigenvalue weighted by atomic mass is 79.9. The molecular formula is C20H8BrCl3N4O2. The summed E-state index contributed by atoms with van der Waals surface area (Å²) in [6.45, 7) is 0. The molecule has 2 aromatic carbocycles. The van der Waals surface area contributed by atoms with E-state index < -0.39 is 5.63 Å². The van der Waals surface area contributed by atoms with Crippen LogP contribution in [0, 0.1) is 0 Å². The maximum atomic E-state index is 12.8. The number of hydrogen-bond acceptors (Lipinski definition) is 5. The van der Waals surface area contributed by atoms with Gasteiger partial charge in [-0.1, -0.05) is 56.8 Å². The Morgan fingerprint density at radius 2 is 1.87 bits per heavy atom. The number of fused-ring (bicyclic) bond motifs is 2. The Morgan fingerprint density at radius 3 is 2.67 bits per heavy atom. The van der Waals surface area contributed by atoms with Gasteiger partial charge in [0.2, 0.25) is 5.89 Å². The van der Waals surface area contributed by atoms with E-state index in [0.29, 0.717) is 27.1 Å². The quantitative estimate of drug-likeness (QED) is 0.254. The predicted molar refractivity (Wildman–Crippen MR) is 121 cm³/mol. The smallest absolute Gasteiger partial charge is 0.347 e. The van der Waals surface area contributed by atoms with Crippen LogP contribution in [0.1, 0.15) is 0 Å². The third-order valence-electron chi connectivity index (χ3n) is 4.47. The number of aromatic nitrogens is 4. The van der Waals surface area contributed by atoms with Crippen LogP contribution in [0.15, 0.2) is 62.3 Å². The van der Waals surface area contributed by atoms with E-state index in [1.165, 1.54) is 10.7 Å². The van der Waals surface area contributed by atoms with Crippen molar-refractivity contribution in [3.63, 3.8) is 0 Å². The maximum Gasteiger partial charge on any atom is 0.347 e. The van der Waals surface area contributed by atoms with Gasteiger partial charge in [0.15, 0.2) is 11.0 Å². The zero-order valence-corrected chi connectivity index (χ0v) is 18.6. The molecule has 3 heterocycles. The summed E-state index contributed by atoms with van der Waals surface area (Å²) in [7, 11) is 0. The van der Waals surface area contributed by atoms with Gasteiger partial charge in [0.25, 0.3) is 0 Å². The molecule has 0 amide bonds. The van der Waals surface area contributed by atoms with Crippen LogP contribution in [0.2, 0.25) is 15.2 Å². The van der Waals surface area contributed by atoms with Gasteiger partial charge in [-0.3, -0.25) is 0 Å². The summed E-state index contributed by atoms with van der Waals surface area (Å²) in [6.07, 6.45) is 1.56. The van der Waals surface area contributed by atoms with E-state index in [9.17, 15) is 4.79 Å². The first-order valence-corrected chi connectivity index (χ1v) is 10.4. The van der Waals surface area contributed by atoms with E-state index in [0.717, 1.165) is 15.2 Å². The molecule has 10 heteroatoms. The summed E-state index contributed by atoms with van der Waals surface area (Å²) >= 11 is 22.4. The molecule has 6 nitrogen and oxygen atoms in total. The molecular weight excluding hydrogens is 515 g/mol. The molecule has 0 saturated carbocycles. The normalized spacial score (nSPS) is 11.5. The average molecular weight is 523 g/mol. The van der Waals surface area contributed by atoms with Gasteiger partial charge in [0, 0.05) is 22.1 Å². The van der Waals surface area contributed by atoms with Crippen LogP contribution in [-0.2, 0) is 0 Å². The molecule has 0 bridgehead atoms. The lowest BCUT2D eigenvalue weighted by atomic mass is 10.1. The first kappa shape index (κ1) is 19.5. The average Bonchev–Trinajstić information content (AvgIpc) is 3.10. The van der Waals surface area contributed by atoms with Crippen LogP contribution in [0.25, 0.3) is 39.1 Å². The van der Waals surface area contributed by atoms with E-state index in [1.54, 1.807) is 24.4 Å². The second-order valence-corrected chi connectivity index (χ2v) is 8.42. The van der Waals surface area contributed by atoms with Gasteiger partial charge in [-0.25, -0.2) is 19.4 Å². The third-order valence-corrected chi connectivity index (χ3v) is 5.83. The number of pyridine rings is 1. The van der Waals surface area contributed by atoms with Crippen molar-refractivity contribution in [2.45, 2.75) is 0 Å². The van der Waals surface area contributed by atoms with Crippen molar-refractivity contribution >= 4 is 72.4 Å². The fourth-order valence-electron chi connectivity index (χ4n) is 3.16. The van der Waals surface area contributed by atoms with Gasteiger partial charge >= 0.3 is 5.63 Å². The van der Waals surface area contributed by atoms with E-state index in [4.69, 9.17) is 39.2 Å². The molecule has 0 fully saturated rings. The largest absolute Gasteiger partial charge is 0.401 e. The third kappa shape index (κ3) is 3.18. The minimum atomic E-state index is -0.588. The van der Waals surface area contributed by atoms with Gasteiger partial charge in [-0.15, -0.1) is 0 Å². The van der Waals surface area contributed by atoms with E-state index in [2.05, 4.69) is 31.0 Å². The summed E-state index contributed by atoms with van der Waals surface area (Å²) in [5, 5.41) is 6.87. The van der Waals surface area contributed by atoms with Crippen LogP contribution in [0.3, 0.4) is 0 Å². The summed E-state index contributed by atoms with van der Waals surface area (Å²) in [4.78, 5) is 21.5. The molecule has 5 rings (SSSR count). The summed E-state index contributed by atoms with van der Waals surface area (Å²) in [6, 6.07) is 12.1. The first-order chi connectivity index (χ1) is 14.4. The Morgan fingerprint density at radius 1 is 1.03 bits per heavy atom. The Kier molecular flexibility index (Phi) is 4.78. The SMILES string of the molecule is O=c1oc(-c2cc(Cl)nn2-c2ncccc2Cl)nc2c(Cl)c3ccc(Br)cc3cc12. The number of nitrogens with zero attached hydrogens (tertiary/aromatic N) is 4. The Bertz CT molecular complexity index is 1530. The van der Waals surface area contributed by atoms with Crippen molar-refractivity contribution < 1.29 is 4.42 Å². The van der Waals surface area contributed by atoms with Gasteiger partial charge in [0.1, 0.15) is 11.2 Å². The molecule has 0 atom stereocenters. The second kappa shape index (κ2) is 7.35. The van der Waals surface area contributed by atoms with E-state index in [-0.39, 0.29) is 16.4 Å². The van der Waals surface area contributed by atoms with Crippen molar-refractivity contribution in [3.8, 4) is 17.4 Å². The zero-order chi connectivity index (χ0) is 21.0. The minimum absolute atomic E-state index is 0.00742. The predicted octanol–water partition coefficient (Wildman–Crippen LogP) is 6.31. The van der Waals surface area contributed by atoms with Crippen LogP contribution < -0.4 is 5.63 Å². The van der Waals surface area contributed by atoms with Crippen molar-refractivity contribution in [2.75, 3.05) is 0 Å². The van der Waals surface area contributed by atoms with Gasteiger partial charge in [0.05, 0.1) is 15.4 Å². The van der Waals surface area contributed by atoms with E-state index in [1.807, 2.05) is 18.2 Å². The molecule has 3 aromatic heterocycles. The fourth-order valence-corrected chi connectivity index (χ4v) is 4.24. The lowest BCUT2D eigenvalue weighted by Gasteiger charge is -2.09. The molecule has 0 aliphatic rings. The van der Waals surface area contributed by atoms with Crippen molar-refractivity contribution in [2.24, 2.45) is 0 Å². The standard InChI is InChI=1S/C20H8BrCl3N4O2/c21-10-3-4-11-9(6-10)7-12-17(16(11)24)26-19(30-20(12)29)14-8-15(23)27-28(14)18-13(22)2-1-5-25-18/h1-8H. The van der Waals surface area contributed by atoms with Crippen LogP contribution >= 0.6 is 50.7 Å². The molecule has 148 valence electrons. The summed E-state index contributed by atoms with van der Waals surface area (Å²) in [5.74, 6) is 0.312. The molecule has 0 radical (unpaired) electrons. The maximum absolute atomic E-state index is 12.8. The minimum Gasteiger partial charge on any atom is -0.401 e. The Hall–Kier alpha value is -2.45. The van der Waals surface area contributed by atoms with Crippen LogP contribution in [-0.4, -0.2) is 19.7 Å². The molecule has 0 N–H and O–H groups in total. The number of rotatable bonds is 2. The summed E-state index contributed by atoms with van der Waals surface area (Å²) in [5.41, 5.74) is 0.0371. The number of halogens is 4. The first-order valence-electron chi connectivity index (χ1n) is 8.52. The van der Waals surface area contributed by atoms with Crippen LogP contribution in [0.4, 0.5) is 0 Å². The fraction of sp³-hybridized carbons (Fsp3) is 0. The second-order valence-electron chi connectivity index (χ2n) is 6.33. The highest BCUT2D eigenvalue weighted by Gasteiger charge is 2.20. The van der Waals surface area contributed by atoms with Crippen molar-refractivity contribution in [3.05, 3.63) is 78.8 Å². The van der Waals surface area contributed by atoms with Crippen LogP contribution in [0.5, 0.6) is 0 Å². The van der Waals surface area contributed by atoms with Gasteiger partial charge in [-0.2, -0.15) is 5.10 Å². The van der Waals surface area contributed by atoms with Gasteiger partial charge < -0.3 is 4.42 Å². The monoisotopic (exact) mass is 520 g/mol. The lowest BCUT2D eigenvalue weighted by molar-refractivity contribution is 0.513. The number of hydrogen-bond donors (Lipinski definition) is 0. The molecule has 30 heavy (non-hydrogen) atoms. The zero-order valence-electron chi connectivity index (χ0n) is 14.7. The highest BCUT2D eigenvalue weighted by Crippen LogP contribution is 2.34. The van der Waals surface area contributed by atoms with E-state index >= 15 is 0 Å². The Labute approximate surface area is 192 Å². The lowest BCUT2D eigenvalue weighted by Crippen LogP contribution is -2.07. The molecule has 0 saturated heterocycles. The number of benzene rings is 2. The molecule has 0 aliphatic carbocycles. The summed E-state index contributed by atoms with van der Waals surface area (Å²) < 4.78 is 7.73. The molecule has 0 aliphatic heterocycles. The molecule has 0 spiro atoms. The van der Waals surface area contributed by atoms with Crippen molar-refractivity contribution in [1.29, 1.82) is 0 Å². The highest BCUT2D eigenvalue weighted by molar-refractivity contribution is 9.10. The van der Waals surface area contributed by atoms with Gasteiger partial charge in [-0.05, 0) is 35.7 Å². The van der Waals surface area contributed by atoms with Crippen molar-refractivity contribution in [1.82, 2.24) is 19.7 Å². The molecule has 0 unspecified atom stereocenters.